The molecule has 0 amide bonds. The summed E-state index contributed by atoms with van der Waals surface area (Å²) in [5.74, 6) is -0.272. The van der Waals surface area contributed by atoms with Gasteiger partial charge in [-0.05, 0) is 65.1 Å². The highest BCUT2D eigenvalue weighted by Crippen LogP contribution is 2.33. The Kier molecular flexibility index (Phi) is 6.18. The molecular formula is C28H25FN2O2S. The summed E-state index contributed by atoms with van der Waals surface area (Å²) in [5, 5.41) is 0. The number of halogens is 1. The summed E-state index contributed by atoms with van der Waals surface area (Å²) in [6, 6.07) is 31.0. The van der Waals surface area contributed by atoms with E-state index in [-0.39, 0.29) is 16.8 Å². The second-order valence-electron chi connectivity index (χ2n) is 8.55. The fraction of sp³-hybridized carbons (Fsp3) is 0.143. The summed E-state index contributed by atoms with van der Waals surface area (Å²) in [7, 11) is -3.64. The normalized spacial score (nSPS) is 15.7. The van der Waals surface area contributed by atoms with Gasteiger partial charge < -0.3 is 4.90 Å². The highest BCUT2D eigenvalue weighted by Gasteiger charge is 2.28. The number of hydrogen-bond donors (Lipinski definition) is 1. The number of anilines is 1. The number of benzene rings is 4. The van der Waals surface area contributed by atoms with E-state index in [9.17, 15) is 12.8 Å². The van der Waals surface area contributed by atoms with Crippen molar-refractivity contribution in [2.24, 2.45) is 0 Å². The van der Waals surface area contributed by atoms with Gasteiger partial charge in [0.25, 0.3) is 0 Å². The van der Waals surface area contributed by atoms with E-state index in [1.54, 1.807) is 42.5 Å². The predicted molar refractivity (Wildman–Crippen MR) is 134 cm³/mol. The van der Waals surface area contributed by atoms with Gasteiger partial charge in [0, 0.05) is 24.8 Å². The molecule has 0 aliphatic carbocycles. The number of sulfonamides is 1. The predicted octanol–water partition coefficient (Wildman–Crippen LogP) is 5.40. The third-order valence-corrected chi connectivity index (χ3v) is 7.63. The van der Waals surface area contributed by atoms with Crippen molar-refractivity contribution in [2.45, 2.75) is 23.9 Å². The van der Waals surface area contributed by atoms with Gasteiger partial charge in [0.15, 0.2) is 0 Å². The molecule has 0 saturated carbocycles. The summed E-state index contributed by atoms with van der Waals surface area (Å²) < 4.78 is 42.4. The van der Waals surface area contributed by atoms with Crippen LogP contribution in [-0.4, -0.2) is 21.0 Å². The van der Waals surface area contributed by atoms with Gasteiger partial charge in [-0.15, -0.1) is 0 Å². The molecule has 172 valence electrons. The maximum Gasteiger partial charge on any atom is 0.240 e. The molecule has 5 rings (SSSR count). The number of nitrogens with one attached hydrogen (secondary N) is 1. The first-order valence-electron chi connectivity index (χ1n) is 11.2. The zero-order valence-electron chi connectivity index (χ0n) is 18.6. The molecule has 0 fully saturated rings. The van der Waals surface area contributed by atoms with Crippen LogP contribution in [0.5, 0.6) is 0 Å². The topological polar surface area (TPSA) is 49.4 Å². The van der Waals surface area contributed by atoms with Crippen LogP contribution >= 0.6 is 0 Å². The van der Waals surface area contributed by atoms with Crippen molar-refractivity contribution in [3.8, 4) is 11.1 Å². The lowest BCUT2D eigenvalue weighted by Crippen LogP contribution is -2.48. The Balaban J connectivity index is 1.48. The third-order valence-electron chi connectivity index (χ3n) is 6.10. The Labute approximate surface area is 199 Å². The van der Waals surface area contributed by atoms with Crippen molar-refractivity contribution < 1.29 is 12.8 Å². The standard InChI is InChI=1S/C28H25FN2O2S/c29-25-14-11-22(12-15-25)23-13-16-28-24(17-23)18-26(20-31(28)19-21-7-3-1-4-8-21)30-34(32,33)27-9-5-2-6-10-27/h1-17,26,30H,18-20H2/t26-/m0/s1. The number of hydrogen-bond acceptors (Lipinski definition) is 3. The van der Waals surface area contributed by atoms with Crippen molar-refractivity contribution in [1.82, 2.24) is 4.72 Å². The first kappa shape index (κ1) is 22.3. The van der Waals surface area contributed by atoms with Gasteiger partial charge in [-0.1, -0.05) is 66.7 Å². The highest BCUT2D eigenvalue weighted by atomic mass is 32.2. The van der Waals surface area contributed by atoms with E-state index in [1.807, 2.05) is 24.3 Å². The molecule has 0 radical (unpaired) electrons. The van der Waals surface area contributed by atoms with Gasteiger partial charge in [0.2, 0.25) is 10.0 Å². The van der Waals surface area contributed by atoms with Crippen LogP contribution in [0.15, 0.2) is 108 Å². The summed E-state index contributed by atoms with van der Waals surface area (Å²) in [6.45, 7) is 1.23. The van der Waals surface area contributed by atoms with Gasteiger partial charge in [-0.3, -0.25) is 0 Å². The molecule has 0 saturated heterocycles. The van der Waals surface area contributed by atoms with Crippen LogP contribution in [0.25, 0.3) is 11.1 Å². The molecule has 34 heavy (non-hydrogen) atoms. The van der Waals surface area contributed by atoms with Gasteiger partial charge in [0.1, 0.15) is 5.82 Å². The minimum absolute atomic E-state index is 0.260. The minimum Gasteiger partial charge on any atom is -0.365 e. The molecular weight excluding hydrogens is 447 g/mol. The molecule has 1 aliphatic rings. The summed E-state index contributed by atoms with van der Waals surface area (Å²) in [5.41, 5.74) is 5.20. The fourth-order valence-corrected chi connectivity index (χ4v) is 5.74. The zero-order valence-corrected chi connectivity index (χ0v) is 19.4. The molecule has 0 unspecified atom stereocenters. The van der Waals surface area contributed by atoms with Crippen LogP contribution in [0.1, 0.15) is 11.1 Å². The second kappa shape index (κ2) is 9.41. The van der Waals surface area contributed by atoms with Crippen molar-refractivity contribution >= 4 is 15.7 Å². The maximum absolute atomic E-state index is 13.4. The molecule has 4 aromatic carbocycles. The Hall–Kier alpha value is -3.48. The SMILES string of the molecule is O=S(=O)(N[C@H]1Cc2cc(-c3ccc(F)cc3)ccc2N(Cc2ccccc2)C1)c1ccccc1. The molecule has 0 spiro atoms. The lowest BCUT2D eigenvalue weighted by atomic mass is 9.94. The van der Waals surface area contributed by atoms with Crippen molar-refractivity contribution in [3.63, 3.8) is 0 Å². The first-order chi connectivity index (χ1) is 16.5. The van der Waals surface area contributed by atoms with Crippen molar-refractivity contribution in [2.75, 3.05) is 11.4 Å². The fourth-order valence-electron chi connectivity index (χ4n) is 4.49. The summed E-state index contributed by atoms with van der Waals surface area (Å²) in [6.07, 6.45) is 0.571. The lowest BCUT2D eigenvalue weighted by molar-refractivity contribution is 0.524. The highest BCUT2D eigenvalue weighted by molar-refractivity contribution is 7.89. The second-order valence-corrected chi connectivity index (χ2v) is 10.3. The average Bonchev–Trinajstić information content (AvgIpc) is 2.85. The molecule has 6 heteroatoms. The summed E-state index contributed by atoms with van der Waals surface area (Å²) >= 11 is 0. The Morgan fingerprint density at radius 3 is 2.18 bits per heavy atom. The lowest BCUT2D eigenvalue weighted by Gasteiger charge is -2.37. The van der Waals surface area contributed by atoms with E-state index in [4.69, 9.17) is 0 Å². The Bertz CT molecular complexity index is 1380. The summed E-state index contributed by atoms with van der Waals surface area (Å²) in [4.78, 5) is 2.48. The molecule has 1 N–H and O–H groups in total. The van der Waals surface area contributed by atoms with Crippen LogP contribution in [0.2, 0.25) is 0 Å². The van der Waals surface area contributed by atoms with Crippen LogP contribution in [0.3, 0.4) is 0 Å². The van der Waals surface area contributed by atoms with Crippen LogP contribution in [-0.2, 0) is 23.0 Å². The quantitative estimate of drug-likeness (QED) is 0.409. The van der Waals surface area contributed by atoms with Crippen molar-refractivity contribution in [1.29, 1.82) is 0 Å². The van der Waals surface area contributed by atoms with Crippen LogP contribution < -0.4 is 9.62 Å². The van der Waals surface area contributed by atoms with E-state index in [0.29, 0.717) is 19.5 Å². The largest absolute Gasteiger partial charge is 0.365 e. The van der Waals surface area contributed by atoms with E-state index >= 15 is 0 Å². The van der Waals surface area contributed by atoms with E-state index < -0.39 is 10.0 Å². The average molecular weight is 473 g/mol. The molecule has 1 heterocycles. The molecule has 1 aliphatic heterocycles. The van der Waals surface area contributed by atoms with E-state index in [1.165, 1.54) is 12.1 Å². The van der Waals surface area contributed by atoms with Crippen LogP contribution in [0, 0.1) is 5.82 Å². The van der Waals surface area contributed by atoms with Gasteiger partial charge in [-0.25, -0.2) is 17.5 Å². The van der Waals surface area contributed by atoms with E-state index in [2.05, 4.69) is 33.9 Å². The molecule has 0 bridgehead atoms. The molecule has 1 atom stereocenters. The smallest absolute Gasteiger partial charge is 0.240 e. The Morgan fingerprint density at radius 2 is 1.47 bits per heavy atom. The number of rotatable bonds is 6. The van der Waals surface area contributed by atoms with E-state index in [0.717, 1.165) is 27.9 Å². The van der Waals surface area contributed by atoms with Crippen LogP contribution in [0.4, 0.5) is 10.1 Å². The van der Waals surface area contributed by atoms with Gasteiger partial charge >= 0.3 is 0 Å². The monoisotopic (exact) mass is 472 g/mol. The van der Waals surface area contributed by atoms with Crippen molar-refractivity contribution in [3.05, 3.63) is 120 Å². The first-order valence-corrected chi connectivity index (χ1v) is 12.7. The zero-order chi connectivity index (χ0) is 23.5. The van der Waals surface area contributed by atoms with Gasteiger partial charge in [-0.2, -0.15) is 0 Å². The number of fused-ring (bicyclic) bond motifs is 1. The Morgan fingerprint density at radius 1 is 0.824 bits per heavy atom. The third kappa shape index (κ3) is 4.88. The molecule has 4 nitrogen and oxygen atoms in total. The van der Waals surface area contributed by atoms with Gasteiger partial charge in [0.05, 0.1) is 4.90 Å². The molecule has 4 aromatic rings. The minimum atomic E-state index is -3.64. The molecule has 0 aromatic heterocycles. The number of nitrogens with zero attached hydrogens (tertiary/aromatic N) is 1. The maximum atomic E-state index is 13.4.